The monoisotopic (exact) mass is 842 g/mol. The first-order valence-corrected chi connectivity index (χ1v) is 21.0. The summed E-state index contributed by atoms with van der Waals surface area (Å²) >= 11 is 0. The van der Waals surface area contributed by atoms with Gasteiger partial charge in [-0.1, -0.05) is 84.9 Å². The summed E-state index contributed by atoms with van der Waals surface area (Å²) in [4.78, 5) is 39.0. The average Bonchev–Trinajstić information content (AvgIpc) is 3.32. The van der Waals surface area contributed by atoms with Gasteiger partial charge in [-0.3, -0.25) is 14.4 Å². The molecule has 0 saturated heterocycles. The van der Waals surface area contributed by atoms with Crippen molar-refractivity contribution in [3.63, 3.8) is 0 Å². The van der Waals surface area contributed by atoms with Crippen molar-refractivity contribution in [2.45, 2.75) is 38.9 Å². The van der Waals surface area contributed by atoms with E-state index in [4.69, 9.17) is 18.9 Å². The molecule has 0 spiro atoms. The molecule has 0 amide bonds. The topological polar surface area (TPSA) is 88.1 Å². The number of ether oxygens (including phenoxy) is 4. The van der Waals surface area contributed by atoms with Crippen LogP contribution in [0.5, 0.6) is 34.5 Å². The zero-order valence-electron chi connectivity index (χ0n) is 36.0. The second-order valence-electron chi connectivity index (χ2n) is 16.3. The second-order valence-corrected chi connectivity index (χ2v) is 16.3. The van der Waals surface area contributed by atoms with Gasteiger partial charge in [-0.05, 0) is 160 Å². The zero-order chi connectivity index (χ0) is 44.7. The minimum absolute atomic E-state index is 0.0342. The van der Waals surface area contributed by atoms with Crippen molar-refractivity contribution in [1.29, 1.82) is 0 Å². The van der Waals surface area contributed by atoms with Crippen LogP contribution in [0.3, 0.4) is 0 Å². The fourth-order valence-corrected chi connectivity index (χ4v) is 7.20. The first-order valence-electron chi connectivity index (χ1n) is 21.0. The van der Waals surface area contributed by atoms with E-state index >= 15 is 0 Å². The lowest BCUT2D eigenvalue weighted by Gasteiger charge is -2.27. The Bertz CT molecular complexity index is 2850. The van der Waals surface area contributed by atoms with E-state index < -0.39 is 11.2 Å². The average molecular weight is 843 g/mol. The fraction of sp³-hybridized carbons (Fsp3) is 0.105. The highest BCUT2D eigenvalue weighted by molar-refractivity contribution is 6.10. The lowest BCUT2D eigenvalue weighted by Crippen LogP contribution is -2.25. The highest BCUT2D eigenvalue weighted by Crippen LogP contribution is 2.33. The van der Waals surface area contributed by atoms with Crippen LogP contribution in [0.1, 0.15) is 86.6 Å². The first-order chi connectivity index (χ1) is 30.9. The Hall–Kier alpha value is -8.03. The number of ketones is 3. The summed E-state index contributed by atoms with van der Waals surface area (Å²) in [7, 11) is 0. The molecule has 7 nitrogen and oxygen atoms in total. The van der Waals surface area contributed by atoms with Crippen LogP contribution in [0.4, 0.5) is 0 Å². The summed E-state index contributed by atoms with van der Waals surface area (Å²) in [5.74, 6) is 3.62. The van der Waals surface area contributed by atoms with E-state index in [1.807, 2.05) is 125 Å². The number of carbonyl (C=O) groups is 3. The smallest absolute Gasteiger partial charge is 0.193 e. The SMILES string of the molecule is CC(C)(Oc1ccc(C(=O)c2ccccc2)cc1)c1ccc(Oc2ccc(C(=O)c3ccc(OC(C)(C)c4ccc(Oc5ccc(C(=O)c6ccccc6)cc5)cc4)cc3)cc2)cc1. The first kappa shape index (κ1) is 42.7. The second kappa shape index (κ2) is 18.5. The molecule has 0 aromatic heterocycles. The number of rotatable bonds is 16. The standard InChI is InChI=1S/C57H46O7/c1-56(2,63-51-31-19-43(20-32-51)54(59)40-13-9-6-10-14-40)45-25-37-50(38-26-45)62-48-29-17-42(18-30-48)55(60)44-21-33-52(34-22-44)64-57(3,4)46-23-35-49(36-24-46)61-47-27-15-41(16-28-47)53(58)39-11-7-5-8-12-39/h5-38H,1-4H3. The number of hydrogen-bond acceptors (Lipinski definition) is 7. The molecule has 0 saturated carbocycles. The van der Waals surface area contributed by atoms with E-state index in [2.05, 4.69) is 0 Å². The molecule has 0 N–H and O–H groups in total. The molecular formula is C57H46O7. The van der Waals surface area contributed by atoms with Gasteiger partial charge in [0.15, 0.2) is 17.3 Å². The fourth-order valence-electron chi connectivity index (χ4n) is 7.20. The summed E-state index contributed by atoms with van der Waals surface area (Å²) in [5.41, 5.74) is 4.11. The van der Waals surface area contributed by atoms with Crippen molar-refractivity contribution >= 4 is 17.3 Å². The van der Waals surface area contributed by atoms with Crippen LogP contribution in [0, 0.1) is 0 Å². The highest BCUT2D eigenvalue weighted by Gasteiger charge is 2.25. The third-order valence-corrected chi connectivity index (χ3v) is 10.9. The molecule has 0 heterocycles. The molecule has 0 fully saturated rings. The van der Waals surface area contributed by atoms with Gasteiger partial charge in [0.05, 0.1) is 0 Å². The van der Waals surface area contributed by atoms with Crippen LogP contribution in [-0.4, -0.2) is 17.3 Å². The Morgan fingerprint density at radius 1 is 0.281 bits per heavy atom. The largest absolute Gasteiger partial charge is 0.483 e. The van der Waals surface area contributed by atoms with Gasteiger partial charge in [0, 0.05) is 33.4 Å². The van der Waals surface area contributed by atoms with Gasteiger partial charge in [0.25, 0.3) is 0 Å². The van der Waals surface area contributed by atoms with Gasteiger partial charge < -0.3 is 18.9 Å². The Labute approximate surface area is 373 Å². The van der Waals surface area contributed by atoms with Gasteiger partial charge in [-0.15, -0.1) is 0 Å². The molecule has 8 aromatic carbocycles. The van der Waals surface area contributed by atoms with E-state index in [1.165, 1.54) is 0 Å². The lowest BCUT2D eigenvalue weighted by molar-refractivity contribution is 0.102. The van der Waals surface area contributed by atoms with Crippen molar-refractivity contribution in [3.8, 4) is 34.5 Å². The lowest BCUT2D eigenvalue weighted by atomic mass is 9.97. The third kappa shape index (κ3) is 10.2. The molecule has 64 heavy (non-hydrogen) atoms. The van der Waals surface area contributed by atoms with Gasteiger partial charge in [-0.2, -0.15) is 0 Å². The molecular weight excluding hydrogens is 797 g/mol. The van der Waals surface area contributed by atoms with Gasteiger partial charge in [0.1, 0.15) is 45.7 Å². The van der Waals surface area contributed by atoms with E-state index in [0.717, 1.165) is 11.1 Å². The van der Waals surface area contributed by atoms with E-state index in [0.29, 0.717) is 67.9 Å². The Kier molecular flexibility index (Phi) is 12.3. The van der Waals surface area contributed by atoms with Crippen LogP contribution in [0.2, 0.25) is 0 Å². The molecule has 0 bridgehead atoms. The van der Waals surface area contributed by atoms with E-state index in [1.54, 1.807) is 109 Å². The molecule has 0 aliphatic heterocycles. The van der Waals surface area contributed by atoms with E-state index in [-0.39, 0.29) is 17.3 Å². The number of benzene rings is 8. The van der Waals surface area contributed by atoms with Crippen molar-refractivity contribution < 1.29 is 33.3 Å². The zero-order valence-corrected chi connectivity index (χ0v) is 36.0. The maximum Gasteiger partial charge on any atom is 0.193 e. The minimum Gasteiger partial charge on any atom is -0.483 e. The summed E-state index contributed by atoms with van der Waals surface area (Å²) in [6.07, 6.45) is 0. The normalized spacial score (nSPS) is 11.3. The van der Waals surface area contributed by atoms with Gasteiger partial charge in [-0.25, -0.2) is 0 Å². The van der Waals surface area contributed by atoms with Gasteiger partial charge in [0.2, 0.25) is 0 Å². The number of carbonyl (C=O) groups excluding carboxylic acids is 3. The predicted molar refractivity (Wildman–Crippen MR) is 249 cm³/mol. The molecule has 0 aliphatic rings. The molecule has 0 radical (unpaired) electrons. The summed E-state index contributed by atoms with van der Waals surface area (Å²) in [6, 6.07) is 62.3. The Morgan fingerprint density at radius 3 is 0.766 bits per heavy atom. The quantitative estimate of drug-likeness (QED) is 0.0895. The molecule has 8 rings (SSSR count). The van der Waals surface area contributed by atoms with Crippen LogP contribution in [-0.2, 0) is 11.2 Å². The molecule has 316 valence electrons. The molecule has 0 aliphatic carbocycles. The molecule has 8 aromatic rings. The summed E-state index contributed by atoms with van der Waals surface area (Å²) in [6.45, 7) is 7.94. The maximum atomic E-state index is 13.4. The third-order valence-electron chi connectivity index (χ3n) is 10.9. The van der Waals surface area contributed by atoms with Crippen LogP contribution in [0.15, 0.2) is 206 Å². The van der Waals surface area contributed by atoms with Crippen LogP contribution in [0.25, 0.3) is 0 Å². The Morgan fingerprint density at radius 2 is 0.500 bits per heavy atom. The van der Waals surface area contributed by atoms with Gasteiger partial charge >= 0.3 is 0 Å². The predicted octanol–water partition coefficient (Wildman–Crippen LogP) is 13.6. The van der Waals surface area contributed by atoms with Crippen molar-refractivity contribution in [3.05, 3.63) is 251 Å². The summed E-state index contributed by atoms with van der Waals surface area (Å²) in [5, 5.41) is 0. The summed E-state index contributed by atoms with van der Waals surface area (Å²) < 4.78 is 24.9. The molecule has 7 heteroatoms. The van der Waals surface area contributed by atoms with E-state index in [9.17, 15) is 14.4 Å². The maximum absolute atomic E-state index is 13.4. The Balaban J connectivity index is 0.820. The van der Waals surface area contributed by atoms with Crippen molar-refractivity contribution in [1.82, 2.24) is 0 Å². The molecule has 0 atom stereocenters. The van der Waals surface area contributed by atoms with Crippen molar-refractivity contribution in [2.24, 2.45) is 0 Å². The number of hydrogen-bond donors (Lipinski definition) is 0. The van der Waals surface area contributed by atoms with Crippen molar-refractivity contribution in [2.75, 3.05) is 0 Å². The van der Waals surface area contributed by atoms with Crippen LogP contribution < -0.4 is 18.9 Å². The van der Waals surface area contributed by atoms with Crippen LogP contribution >= 0.6 is 0 Å². The highest BCUT2D eigenvalue weighted by atomic mass is 16.5. The molecule has 0 unspecified atom stereocenters. The minimum atomic E-state index is -0.677.